The van der Waals surface area contributed by atoms with Crippen LogP contribution in [0.25, 0.3) is 96.3 Å². The maximum atomic E-state index is 2.41. The van der Waals surface area contributed by atoms with Crippen LogP contribution in [0.1, 0.15) is 49.9 Å². The van der Waals surface area contributed by atoms with Gasteiger partial charge >= 0.3 is 0 Å². The number of fused-ring (bicyclic) bond motifs is 11. The summed E-state index contributed by atoms with van der Waals surface area (Å²) < 4.78 is 5.49. The third-order valence-corrected chi connectivity index (χ3v) is 15.9. The van der Waals surface area contributed by atoms with Gasteiger partial charge in [-0.05, 0) is 113 Å². The van der Waals surface area contributed by atoms with Crippen LogP contribution >= 0.6 is 22.7 Å². The molecule has 12 rings (SSSR count). The lowest BCUT2D eigenvalue weighted by Gasteiger charge is -2.22. The first-order chi connectivity index (χ1) is 28.2. The highest BCUT2D eigenvalue weighted by molar-refractivity contribution is 7.36. The highest BCUT2D eigenvalue weighted by Crippen LogP contribution is 2.51. The molecule has 0 amide bonds. The van der Waals surface area contributed by atoms with E-state index in [0.717, 1.165) is 0 Å². The van der Waals surface area contributed by atoms with Crippen molar-refractivity contribution in [2.45, 2.75) is 38.5 Å². The van der Waals surface area contributed by atoms with Gasteiger partial charge in [0.05, 0.1) is 9.40 Å². The fourth-order valence-electron chi connectivity index (χ4n) is 10.1. The molecule has 10 aromatic rings. The van der Waals surface area contributed by atoms with Gasteiger partial charge in [0.15, 0.2) is 0 Å². The van der Waals surface area contributed by atoms with Crippen LogP contribution in [0.15, 0.2) is 170 Å². The molecular formula is C56H40S2. The SMILES string of the molecule is CC1(C)c2ccccc2-c2ccc(-c3ccc(-c4ccc5c(c4)sc4c6ccc(-c7ccc(-c8ccc9c(c8)C(C)(C)c8ccccc8-9)cc7)cc6sc54)cc3)cc21. The lowest BCUT2D eigenvalue weighted by atomic mass is 9.81. The normalized spacial score (nSPS) is 14.5. The average Bonchev–Trinajstić information content (AvgIpc) is 3.94. The van der Waals surface area contributed by atoms with Crippen LogP contribution < -0.4 is 0 Å². The molecule has 0 N–H and O–H groups in total. The van der Waals surface area contributed by atoms with Crippen molar-refractivity contribution in [2.75, 3.05) is 0 Å². The van der Waals surface area contributed by atoms with Gasteiger partial charge in [0.1, 0.15) is 0 Å². The molecule has 276 valence electrons. The van der Waals surface area contributed by atoms with E-state index in [1.54, 1.807) is 0 Å². The van der Waals surface area contributed by atoms with E-state index in [1.165, 1.54) is 119 Å². The van der Waals surface area contributed by atoms with E-state index in [-0.39, 0.29) is 10.8 Å². The molecule has 0 spiro atoms. The molecule has 2 aromatic heterocycles. The molecule has 58 heavy (non-hydrogen) atoms. The highest BCUT2D eigenvalue weighted by Gasteiger charge is 2.36. The fraction of sp³-hybridized carbons (Fsp3) is 0.107. The molecule has 0 saturated heterocycles. The van der Waals surface area contributed by atoms with Crippen molar-refractivity contribution in [3.05, 3.63) is 192 Å². The summed E-state index contributed by atoms with van der Waals surface area (Å²) in [7, 11) is 0. The zero-order chi connectivity index (χ0) is 38.9. The maximum Gasteiger partial charge on any atom is 0.0542 e. The Hall–Kier alpha value is -6.06. The van der Waals surface area contributed by atoms with Gasteiger partial charge in [0.25, 0.3) is 0 Å². The van der Waals surface area contributed by atoms with Crippen molar-refractivity contribution < 1.29 is 0 Å². The van der Waals surface area contributed by atoms with Gasteiger partial charge in [-0.25, -0.2) is 0 Å². The van der Waals surface area contributed by atoms with Crippen molar-refractivity contribution >= 4 is 52.2 Å². The molecule has 2 aliphatic carbocycles. The van der Waals surface area contributed by atoms with E-state index in [4.69, 9.17) is 0 Å². The molecule has 0 atom stereocenters. The lowest BCUT2D eigenvalue weighted by molar-refractivity contribution is 0.660. The van der Waals surface area contributed by atoms with Gasteiger partial charge < -0.3 is 0 Å². The molecule has 0 saturated carbocycles. The van der Waals surface area contributed by atoms with Gasteiger partial charge in [0, 0.05) is 31.0 Å². The van der Waals surface area contributed by atoms with Gasteiger partial charge in [0.2, 0.25) is 0 Å². The number of benzene rings is 8. The number of rotatable bonds is 4. The lowest BCUT2D eigenvalue weighted by Crippen LogP contribution is -2.14. The third kappa shape index (κ3) is 4.92. The second kappa shape index (κ2) is 12.2. The molecule has 0 bridgehead atoms. The van der Waals surface area contributed by atoms with E-state index in [9.17, 15) is 0 Å². The van der Waals surface area contributed by atoms with Crippen LogP contribution in [0.3, 0.4) is 0 Å². The Morgan fingerprint density at radius 1 is 0.293 bits per heavy atom. The van der Waals surface area contributed by atoms with Crippen LogP contribution in [0.5, 0.6) is 0 Å². The maximum absolute atomic E-state index is 2.41. The number of hydrogen-bond donors (Lipinski definition) is 0. The van der Waals surface area contributed by atoms with Gasteiger partial charge in [-0.15, -0.1) is 22.7 Å². The van der Waals surface area contributed by atoms with Crippen molar-refractivity contribution in [2.24, 2.45) is 0 Å². The molecule has 2 heterocycles. The largest absolute Gasteiger partial charge is 0.134 e. The molecule has 0 aliphatic heterocycles. The minimum Gasteiger partial charge on any atom is -0.134 e. The van der Waals surface area contributed by atoms with Crippen molar-refractivity contribution in [1.29, 1.82) is 0 Å². The van der Waals surface area contributed by atoms with Gasteiger partial charge in [-0.3, -0.25) is 0 Å². The van der Waals surface area contributed by atoms with E-state index in [2.05, 4.69) is 198 Å². The zero-order valence-corrected chi connectivity index (χ0v) is 34.6. The summed E-state index contributed by atoms with van der Waals surface area (Å²) in [5.74, 6) is 0. The van der Waals surface area contributed by atoms with E-state index in [0.29, 0.717) is 0 Å². The predicted molar refractivity (Wildman–Crippen MR) is 252 cm³/mol. The minimum absolute atomic E-state index is 0.00209. The highest BCUT2D eigenvalue weighted by atomic mass is 32.1. The molecular weight excluding hydrogens is 737 g/mol. The Balaban J connectivity index is 0.808. The predicted octanol–water partition coefficient (Wildman–Crippen LogP) is 16.5. The van der Waals surface area contributed by atoms with E-state index >= 15 is 0 Å². The molecule has 2 heteroatoms. The van der Waals surface area contributed by atoms with Crippen LogP contribution in [-0.4, -0.2) is 0 Å². The van der Waals surface area contributed by atoms with Crippen molar-refractivity contribution in [3.63, 3.8) is 0 Å². The van der Waals surface area contributed by atoms with Gasteiger partial charge in [-0.1, -0.05) is 173 Å². The second-order valence-electron chi connectivity index (χ2n) is 17.3. The quantitative estimate of drug-likeness (QED) is 0.167. The van der Waals surface area contributed by atoms with E-state index < -0.39 is 0 Å². The Morgan fingerprint density at radius 3 is 1.00 bits per heavy atom. The second-order valence-corrected chi connectivity index (χ2v) is 19.4. The first-order valence-corrected chi connectivity index (χ1v) is 21.9. The van der Waals surface area contributed by atoms with Crippen molar-refractivity contribution in [3.8, 4) is 66.8 Å². The summed E-state index contributed by atoms with van der Waals surface area (Å²) in [6.45, 7) is 9.41. The summed E-state index contributed by atoms with van der Waals surface area (Å²) in [6.07, 6.45) is 0. The first-order valence-electron chi connectivity index (χ1n) is 20.3. The summed E-state index contributed by atoms with van der Waals surface area (Å²) >= 11 is 3.86. The number of hydrogen-bond acceptors (Lipinski definition) is 2. The van der Waals surface area contributed by atoms with E-state index in [1.807, 2.05) is 22.7 Å². The molecule has 0 nitrogen and oxygen atoms in total. The Kier molecular flexibility index (Phi) is 7.17. The molecule has 0 radical (unpaired) electrons. The van der Waals surface area contributed by atoms with Crippen LogP contribution in [0, 0.1) is 0 Å². The van der Waals surface area contributed by atoms with Crippen LogP contribution in [0.2, 0.25) is 0 Å². The molecule has 0 fully saturated rings. The summed E-state index contributed by atoms with van der Waals surface area (Å²) in [5, 5.41) is 2.71. The topological polar surface area (TPSA) is 0 Å². The third-order valence-electron chi connectivity index (χ3n) is 13.4. The van der Waals surface area contributed by atoms with Crippen LogP contribution in [-0.2, 0) is 10.8 Å². The zero-order valence-electron chi connectivity index (χ0n) is 33.0. The first kappa shape index (κ1) is 34.0. The molecule has 8 aromatic carbocycles. The average molecular weight is 777 g/mol. The fourth-order valence-corrected chi connectivity index (χ4v) is 12.8. The Bertz CT molecular complexity index is 3090. The van der Waals surface area contributed by atoms with Crippen LogP contribution in [0.4, 0.5) is 0 Å². The Labute approximate surface area is 347 Å². The summed E-state index contributed by atoms with van der Waals surface area (Å²) in [4.78, 5) is 0. The van der Waals surface area contributed by atoms with Gasteiger partial charge in [-0.2, -0.15) is 0 Å². The minimum atomic E-state index is 0.00209. The molecule has 0 unspecified atom stereocenters. The molecule has 2 aliphatic rings. The smallest absolute Gasteiger partial charge is 0.0542 e. The monoisotopic (exact) mass is 776 g/mol. The summed E-state index contributed by atoms with van der Waals surface area (Å²) in [5.41, 5.74) is 21.3. The standard InChI is InChI=1S/C56H40S2/c1-55(2)47-11-7-5-9-41(47)43-25-21-37(29-49(43)55)33-13-17-35(18-14-33)39-23-27-45-51(31-39)57-54-46-28-24-40(32-52(46)58-53(45)54)36-19-15-34(16-20-36)38-22-26-44-42-10-6-8-12-48(42)56(3,4)50(44)30-38/h5-32H,1-4H3. The Morgan fingerprint density at radius 2 is 0.603 bits per heavy atom. The van der Waals surface area contributed by atoms with Crippen molar-refractivity contribution in [1.82, 2.24) is 0 Å². The number of thiophene rings is 2. The summed E-state index contributed by atoms with van der Waals surface area (Å²) in [6, 6.07) is 64.1.